The van der Waals surface area contributed by atoms with Gasteiger partial charge in [0.1, 0.15) is 11.9 Å². The summed E-state index contributed by atoms with van der Waals surface area (Å²) in [6.07, 6.45) is 2.29. The number of carbonyl (C=O) groups excluding carboxylic acids is 1. The van der Waals surface area contributed by atoms with Crippen LogP contribution in [0.15, 0.2) is 18.2 Å². The van der Waals surface area contributed by atoms with Crippen LogP contribution in [0, 0.1) is 6.92 Å². The molecule has 0 radical (unpaired) electrons. The topological polar surface area (TPSA) is 96.9 Å². The molecule has 1 heterocycles. The molecule has 7 nitrogen and oxygen atoms in total. The van der Waals surface area contributed by atoms with Gasteiger partial charge >= 0.3 is 12.0 Å². The second-order valence-corrected chi connectivity index (χ2v) is 7.27. The molecular formula is C19H28N2O5. The molecule has 144 valence electrons. The highest BCUT2D eigenvalue weighted by Crippen LogP contribution is 2.25. The molecular weight excluding hydrogens is 336 g/mol. The average molecular weight is 364 g/mol. The molecule has 7 heteroatoms. The number of aryl methyl sites for hydroxylation is 1. The molecule has 0 aliphatic carbocycles. The summed E-state index contributed by atoms with van der Waals surface area (Å²) in [4.78, 5) is 22.9. The van der Waals surface area contributed by atoms with Crippen molar-refractivity contribution in [2.75, 3.05) is 18.5 Å². The van der Waals surface area contributed by atoms with Gasteiger partial charge in [0, 0.05) is 30.5 Å². The second kappa shape index (κ2) is 8.89. The van der Waals surface area contributed by atoms with Gasteiger partial charge in [-0.2, -0.15) is 0 Å². The molecule has 26 heavy (non-hydrogen) atoms. The summed E-state index contributed by atoms with van der Waals surface area (Å²) < 4.78 is 11.4. The normalized spacial score (nSPS) is 15.3. The van der Waals surface area contributed by atoms with Gasteiger partial charge in [0.15, 0.2) is 0 Å². The Hall–Kier alpha value is -2.28. The van der Waals surface area contributed by atoms with Crippen molar-refractivity contribution in [3.8, 4) is 5.75 Å². The molecule has 1 aromatic carbocycles. The molecule has 0 atom stereocenters. The predicted octanol–water partition coefficient (Wildman–Crippen LogP) is 3.32. The number of anilines is 1. The summed E-state index contributed by atoms with van der Waals surface area (Å²) in [7, 11) is 0. The first kappa shape index (κ1) is 20.0. The number of nitrogens with one attached hydrogen (secondary N) is 2. The number of aliphatic carboxylic acids is 1. The fourth-order valence-electron chi connectivity index (χ4n) is 2.78. The van der Waals surface area contributed by atoms with Crippen molar-refractivity contribution in [1.29, 1.82) is 0 Å². The number of hydrogen-bond donors (Lipinski definition) is 3. The molecule has 0 bridgehead atoms. The highest BCUT2D eigenvalue weighted by molar-refractivity contribution is 5.90. The Bertz CT molecular complexity index is 639. The van der Waals surface area contributed by atoms with Crippen molar-refractivity contribution in [2.24, 2.45) is 0 Å². The Morgan fingerprint density at radius 2 is 2.00 bits per heavy atom. The monoisotopic (exact) mass is 364 g/mol. The maximum absolute atomic E-state index is 12.2. The number of amides is 2. The number of carboxylic acid groups (broad SMARTS) is 1. The van der Waals surface area contributed by atoms with Crippen LogP contribution in [0.5, 0.6) is 5.75 Å². The Labute approximate surface area is 154 Å². The minimum atomic E-state index is -0.879. The van der Waals surface area contributed by atoms with Crippen molar-refractivity contribution in [3.63, 3.8) is 0 Å². The van der Waals surface area contributed by atoms with Crippen LogP contribution in [0.4, 0.5) is 10.5 Å². The fourth-order valence-corrected chi connectivity index (χ4v) is 2.78. The highest BCUT2D eigenvalue weighted by atomic mass is 16.5. The molecule has 1 fully saturated rings. The molecule has 2 amide bonds. The van der Waals surface area contributed by atoms with E-state index in [1.54, 1.807) is 19.9 Å². The van der Waals surface area contributed by atoms with Crippen LogP contribution in [-0.4, -0.2) is 42.0 Å². The summed E-state index contributed by atoms with van der Waals surface area (Å²) in [6, 6.07) is 5.15. The van der Waals surface area contributed by atoms with E-state index in [4.69, 9.17) is 14.6 Å². The van der Waals surface area contributed by atoms with Crippen LogP contribution in [-0.2, 0) is 9.53 Å². The summed E-state index contributed by atoms with van der Waals surface area (Å²) >= 11 is 0. The lowest BCUT2D eigenvalue weighted by atomic mass is 9.99. The number of carboxylic acids is 1. The number of rotatable bonds is 7. The van der Waals surface area contributed by atoms with E-state index >= 15 is 0 Å². The van der Waals surface area contributed by atoms with Crippen LogP contribution < -0.4 is 15.4 Å². The van der Waals surface area contributed by atoms with E-state index in [-0.39, 0.29) is 18.6 Å². The third kappa shape index (κ3) is 6.55. The number of ether oxygens (including phenoxy) is 2. The number of carbonyl (C=O) groups is 2. The van der Waals surface area contributed by atoms with Gasteiger partial charge in [0.2, 0.25) is 0 Å². The van der Waals surface area contributed by atoms with E-state index in [9.17, 15) is 9.59 Å². The van der Waals surface area contributed by atoms with E-state index in [0.29, 0.717) is 12.1 Å². The third-order valence-corrected chi connectivity index (χ3v) is 4.31. The van der Waals surface area contributed by atoms with Crippen molar-refractivity contribution in [2.45, 2.75) is 58.1 Å². The first-order chi connectivity index (χ1) is 12.2. The number of hydrogen-bond acceptors (Lipinski definition) is 4. The molecule has 0 unspecified atom stereocenters. The van der Waals surface area contributed by atoms with Gasteiger partial charge < -0.3 is 25.2 Å². The van der Waals surface area contributed by atoms with Crippen molar-refractivity contribution >= 4 is 17.7 Å². The van der Waals surface area contributed by atoms with Gasteiger partial charge in [-0.3, -0.25) is 4.79 Å². The van der Waals surface area contributed by atoms with Gasteiger partial charge in [-0.1, -0.05) is 0 Å². The average Bonchev–Trinajstić information content (AvgIpc) is 2.56. The van der Waals surface area contributed by atoms with E-state index in [2.05, 4.69) is 10.6 Å². The fraction of sp³-hybridized carbons (Fsp3) is 0.579. The largest absolute Gasteiger partial charge is 0.490 e. The van der Waals surface area contributed by atoms with Crippen molar-refractivity contribution in [1.82, 2.24) is 5.32 Å². The first-order valence-electron chi connectivity index (χ1n) is 8.91. The van der Waals surface area contributed by atoms with Gasteiger partial charge in [-0.05, 0) is 51.0 Å². The van der Waals surface area contributed by atoms with E-state index < -0.39 is 11.5 Å². The quantitative estimate of drug-likeness (QED) is 0.690. The standard InChI is InChI=1S/C19H28N2O5/c1-13-12-14(4-5-16(13)26-15-7-10-25-11-8-15)20-18(24)21-19(2,3)9-6-17(22)23/h4-5,12,15H,6-11H2,1-3H3,(H,22,23)(H2,20,21,24). The molecule has 0 spiro atoms. The minimum absolute atomic E-state index is 0.00459. The SMILES string of the molecule is Cc1cc(NC(=O)NC(C)(C)CCC(=O)O)ccc1OC1CCOCC1. The summed E-state index contributed by atoms with van der Waals surface area (Å²) in [6.45, 7) is 6.98. The smallest absolute Gasteiger partial charge is 0.319 e. The van der Waals surface area contributed by atoms with Crippen molar-refractivity contribution in [3.05, 3.63) is 23.8 Å². The third-order valence-electron chi connectivity index (χ3n) is 4.31. The molecule has 1 aliphatic rings. The number of benzene rings is 1. The summed E-state index contributed by atoms with van der Waals surface area (Å²) in [5, 5.41) is 14.4. The molecule has 0 saturated carbocycles. The van der Waals surface area contributed by atoms with Gasteiger partial charge in [-0.25, -0.2) is 4.79 Å². The lowest BCUT2D eigenvalue weighted by Gasteiger charge is -2.26. The summed E-state index contributed by atoms with van der Waals surface area (Å²) in [5.41, 5.74) is 0.997. The molecule has 2 rings (SSSR count). The molecule has 0 aromatic heterocycles. The van der Waals surface area contributed by atoms with Crippen LogP contribution in [0.2, 0.25) is 0 Å². The van der Waals surface area contributed by atoms with Gasteiger partial charge in [0.05, 0.1) is 13.2 Å². The molecule has 1 saturated heterocycles. The maximum atomic E-state index is 12.2. The Kier molecular flexibility index (Phi) is 6.85. The zero-order chi connectivity index (χ0) is 19.2. The maximum Gasteiger partial charge on any atom is 0.319 e. The van der Waals surface area contributed by atoms with E-state index in [0.717, 1.165) is 37.4 Å². The Morgan fingerprint density at radius 1 is 1.31 bits per heavy atom. The lowest BCUT2D eigenvalue weighted by molar-refractivity contribution is -0.137. The number of urea groups is 1. The van der Waals surface area contributed by atoms with E-state index in [1.165, 1.54) is 0 Å². The zero-order valence-electron chi connectivity index (χ0n) is 15.6. The molecule has 3 N–H and O–H groups in total. The highest BCUT2D eigenvalue weighted by Gasteiger charge is 2.22. The minimum Gasteiger partial charge on any atom is -0.490 e. The summed E-state index contributed by atoms with van der Waals surface area (Å²) in [5.74, 6) is -0.0688. The molecule has 1 aliphatic heterocycles. The predicted molar refractivity (Wildman–Crippen MR) is 98.8 cm³/mol. The van der Waals surface area contributed by atoms with Crippen molar-refractivity contribution < 1.29 is 24.2 Å². The van der Waals surface area contributed by atoms with Gasteiger partial charge in [-0.15, -0.1) is 0 Å². The Balaban J connectivity index is 1.89. The Morgan fingerprint density at radius 3 is 2.62 bits per heavy atom. The zero-order valence-corrected chi connectivity index (χ0v) is 15.6. The van der Waals surface area contributed by atoms with E-state index in [1.807, 2.05) is 19.1 Å². The molecule has 1 aromatic rings. The van der Waals surface area contributed by atoms with Crippen LogP contribution in [0.1, 0.15) is 45.1 Å². The van der Waals surface area contributed by atoms with Crippen LogP contribution in [0.25, 0.3) is 0 Å². The van der Waals surface area contributed by atoms with Crippen LogP contribution in [0.3, 0.4) is 0 Å². The second-order valence-electron chi connectivity index (χ2n) is 7.27. The lowest BCUT2D eigenvalue weighted by Crippen LogP contribution is -2.45. The van der Waals surface area contributed by atoms with Gasteiger partial charge in [0.25, 0.3) is 0 Å². The van der Waals surface area contributed by atoms with Crippen LogP contribution >= 0.6 is 0 Å². The first-order valence-corrected chi connectivity index (χ1v) is 8.91.